The van der Waals surface area contributed by atoms with E-state index in [-0.39, 0.29) is 0 Å². The van der Waals surface area contributed by atoms with Crippen molar-refractivity contribution in [3.05, 3.63) is 24.3 Å². The van der Waals surface area contributed by atoms with E-state index in [2.05, 4.69) is 12.2 Å². The molecule has 2 nitrogen and oxygen atoms in total. The number of carboxylic acids is 1. The van der Waals surface area contributed by atoms with Crippen LogP contribution in [0.5, 0.6) is 0 Å². The van der Waals surface area contributed by atoms with E-state index >= 15 is 0 Å². The summed E-state index contributed by atoms with van der Waals surface area (Å²) in [7, 11) is 0. The van der Waals surface area contributed by atoms with E-state index < -0.39 is 5.97 Å². The largest absolute Gasteiger partial charge is 0.478 e. The van der Waals surface area contributed by atoms with Crippen LogP contribution in [-0.4, -0.2) is 11.1 Å². The molecule has 0 aromatic heterocycles. The highest BCUT2D eigenvalue weighted by atomic mass is 16.4. The number of hydrogen-bond donors (Lipinski definition) is 1. The van der Waals surface area contributed by atoms with Gasteiger partial charge in [-0.2, -0.15) is 0 Å². The fourth-order valence-electron chi connectivity index (χ4n) is 4.01. The van der Waals surface area contributed by atoms with Gasteiger partial charge in [-0.05, 0) is 48.9 Å². The summed E-state index contributed by atoms with van der Waals surface area (Å²) in [6.07, 6.45) is 11.8. The zero-order valence-corrected chi connectivity index (χ0v) is 8.67. The van der Waals surface area contributed by atoms with Crippen LogP contribution in [0.4, 0.5) is 0 Å². The molecule has 0 saturated heterocycles. The lowest BCUT2D eigenvalue weighted by atomic mass is 9.81. The fraction of sp³-hybridized carbons (Fsp3) is 0.615. The van der Waals surface area contributed by atoms with Crippen LogP contribution in [0, 0.1) is 29.6 Å². The van der Waals surface area contributed by atoms with Crippen LogP contribution >= 0.6 is 0 Å². The van der Waals surface area contributed by atoms with Crippen molar-refractivity contribution in [1.82, 2.24) is 0 Å². The average Bonchev–Trinajstić information content (AvgIpc) is 2.87. The van der Waals surface area contributed by atoms with Gasteiger partial charge in [0.25, 0.3) is 0 Å². The molecular weight excluding hydrogens is 188 g/mol. The minimum Gasteiger partial charge on any atom is -0.478 e. The van der Waals surface area contributed by atoms with E-state index in [0.717, 1.165) is 23.7 Å². The molecule has 15 heavy (non-hydrogen) atoms. The summed E-state index contributed by atoms with van der Waals surface area (Å²) in [5.41, 5.74) is 0. The van der Waals surface area contributed by atoms with Gasteiger partial charge < -0.3 is 5.11 Å². The van der Waals surface area contributed by atoms with Crippen LogP contribution in [0.3, 0.4) is 0 Å². The molecule has 0 aromatic carbocycles. The van der Waals surface area contributed by atoms with E-state index in [0.29, 0.717) is 5.92 Å². The van der Waals surface area contributed by atoms with Gasteiger partial charge in [0, 0.05) is 6.08 Å². The maximum absolute atomic E-state index is 10.5. The Morgan fingerprint density at radius 3 is 2.87 bits per heavy atom. The van der Waals surface area contributed by atoms with Crippen LogP contribution < -0.4 is 0 Å². The van der Waals surface area contributed by atoms with Gasteiger partial charge in [-0.15, -0.1) is 0 Å². The van der Waals surface area contributed by atoms with Crippen molar-refractivity contribution in [1.29, 1.82) is 0 Å². The number of allylic oxidation sites excluding steroid dienone is 3. The lowest BCUT2D eigenvalue weighted by Crippen LogP contribution is -2.18. The molecule has 3 rings (SSSR count). The van der Waals surface area contributed by atoms with Crippen molar-refractivity contribution in [3.8, 4) is 0 Å². The fourth-order valence-corrected chi connectivity index (χ4v) is 4.01. The number of carboxylic acid groups (broad SMARTS) is 1. The first-order chi connectivity index (χ1) is 7.25. The SMILES string of the molecule is O=C(O)C=CC1CCC2C3C=CC(C3)C12. The molecule has 0 aromatic rings. The minimum absolute atomic E-state index is 0.519. The molecule has 2 fully saturated rings. The van der Waals surface area contributed by atoms with Gasteiger partial charge in [0.15, 0.2) is 0 Å². The summed E-state index contributed by atoms with van der Waals surface area (Å²) in [4.78, 5) is 10.5. The van der Waals surface area contributed by atoms with Gasteiger partial charge in [-0.3, -0.25) is 0 Å². The van der Waals surface area contributed by atoms with E-state index in [1.807, 2.05) is 6.08 Å². The van der Waals surface area contributed by atoms with Gasteiger partial charge in [-0.1, -0.05) is 18.2 Å². The molecule has 2 bridgehead atoms. The molecule has 3 aliphatic rings. The summed E-state index contributed by atoms with van der Waals surface area (Å²) < 4.78 is 0. The third-order valence-electron chi connectivity index (χ3n) is 4.50. The van der Waals surface area contributed by atoms with Crippen molar-refractivity contribution in [2.45, 2.75) is 19.3 Å². The molecule has 2 heteroatoms. The summed E-state index contributed by atoms with van der Waals surface area (Å²) in [5, 5.41) is 8.65. The normalized spacial score (nSPS) is 46.5. The van der Waals surface area contributed by atoms with E-state index in [1.165, 1.54) is 25.3 Å². The zero-order valence-electron chi connectivity index (χ0n) is 8.67. The number of hydrogen-bond acceptors (Lipinski definition) is 1. The zero-order chi connectivity index (χ0) is 10.4. The summed E-state index contributed by atoms with van der Waals surface area (Å²) in [6, 6.07) is 0. The summed E-state index contributed by atoms with van der Waals surface area (Å²) in [5.74, 6) is 2.86. The van der Waals surface area contributed by atoms with E-state index in [9.17, 15) is 4.79 Å². The van der Waals surface area contributed by atoms with Gasteiger partial charge in [-0.25, -0.2) is 4.79 Å². The quantitative estimate of drug-likeness (QED) is 0.554. The number of rotatable bonds is 2. The molecule has 5 unspecified atom stereocenters. The van der Waals surface area contributed by atoms with E-state index in [1.54, 1.807) is 0 Å². The highest BCUT2D eigenvalue weighted by molar-refractivity contribution is 5.79. The monoisotopic (exact) mass is 204 g/mol. The Hall–Kier alpha value is -1.05. The number of fused-ring (bicyclic) bond motifs is 5. The Balaban J connectivity index is 1.78. The van der Waals surface area contributed by atoms with Crippen molar-refractivity contribution in [3.63, 3.8) is 0 Å². The van der Waals surface area contributed by atoms with Crippen LogP contribution in [0.1, 0.15) is 19.3 Å². The molecular formula is C13H16O2. The van der Waals surface area contributed by atoms with Gasteiger partial charge in [0.1, 0.15) is 0 Å². The second kappa shape index (κ2) is 3.22. The molecule has 0 spiro atoms. The second-order valence-corrected chi connectivity index (χ2v) is 5.13. The Morgan fingerprint density at radius 2 is 2.07 bits per heavy atom. The molecule has 0 heterocycles. The smallest absolute Gasteiger partial charge is 0.327 e. The Labute approximate surface area is 89.7 Å². The van der Waals surface area contributed by atoms with Crippen molar-refractivity contribution < 1.29 is 9.90 Å². The highest BCUT2D eigenvalue weighted by Gasteiger charge is 2.50. The predicted octanol–water partition coefficient (Wildman–Crippen LogP) is 2.48. The average molecular weight is 204 g/mol. The topological polar surface area (TPSA) is 37.3 Å². The standard InChI is InChI=1S/C13H16O2/c14-12(15)6-4-8-3-5-11-9-1-2-10(7-9)13(8)11/h1-2,4,6,8-11,13H,3,5,7H2,(H,14,15). The molecule has 1 N–H and O–H groups in total. The van der Waals surface area contributed by atoms with Crippen molar-refractivity contribution >= 4 is 5.97 Å². The molecule has 0 amide bonds. The van der Waals surface area contributed by atoms with Crippen LogP contribution in [0.15, 0.2) is 24.3 Å². The lowest BCUT2D eigenvalue weighted by molar-refractivity contribution is -0.131. The minimum atomic E-state index is -0.808. The third-order valence-corrected chi connectivity index (χ3v) is 4.50. The highest BCUT2D eigenvalue weighted by Crippen LogP contribution is 2.57. The first-order valence-corrected chi connectivity index (χ1v) is 5.85. The number of carbonyl (C=O) groups is 1. The summed E-state index contributed by atoms with van der Waals surface area (Å²) in [6.45, 7) is 0. The van der Waals surface area contributed by atoms with Gasteiger partial charge in [0.05, 0.1) is 0 Å². The van der Waals surface area contributed by atoms with Gasteiger partial charge >= 0.3 is 5.97 Å². The maximum atomic E-state index is 10.5. The molecule has 2 saturated carbocycles. The Bertz CT molecular complexity index is 342. The molecule has 0 aliphatic heterocycles. The Morgan fingerprint density at radius 1 is 1.27 bits per heavy atom. The molecule has 80 valence electrons. The molecule has 5 atom stereocenters. The van der Waals surface area contributed by atoms with E-state index in [4.69, 9.17) is 5.11 Å². The molecule has 3 aliphatic carbocycles. The summed E-state index contributed by atoms with van der Waals surface area (Å²) >= 11 is 0. The second-order valence-electron chi connectivity index (χ2n) is 5.13. The maximum Gasteiger partial charge on any atom is 0.327 e. The van der Waals surface area contributed by atoms with Crippen molar-refractivity contribution in [2.75, 3.05) is 0 Å². The Kier molecular flexibility index (Phi) is 1.98. The van der Waals surface area contributed by atoms with Crippen LogP contribution in [-0.2, 0) is 4.79 Å². The van der Waals surface area contributed by atoms with Gasteiger partial charge in [0.2, 0.25) is 0 Å². The first kappa shape index (κ1) is 9.20. The molecule has 0 radical (unpaired) electrons. The third kappa shape index (κ3) is 1.35. The van der Waals surface area contributed by atoms with Crippen molar-refractivity contribution in [2.24, 2.45) is 29.6 Å². The lowest BCUT2D eigenvalue weighted by Gasteiger charge is -2.23. The number of aliphatic carboxylic acids is 1. The van der Waals surface area contributed by atoms with Crippen LogP contribution in [0.25, 0.3) is 0 Å². The van der Waals surface area contributed by atoms with Crippen LogP contribution in [0.2, 0.25) is 0 Å². The first-order valence-electron chi connectivity index (χ1n) is 5.85. The predicted molar refractivity (Wildman–Crippen MR) is 57.2 cm³/mol.